The molecule has 1 aromatic carbocycles. The normalized spacial score (nSPS) is 19.5. The molecule has 1 saturated heterocycles. The van der Waals surface area contributed by atoms with Crippen molar-refractivity contribution in [1.29, 1.82) is 0 Å². The number of hydrogen-bond acceptors (Lipinski definition) is 4. The number of nitrogens with zero attached hydrogens (tertiary/aromatic N) is 2. The SMILES string of the molecule is CC(CNC(=O)CCc1ccc(S(=O)(=O)N2CCCCC2)cc1)N(C)C1CC1. The van der Waals surface area contributed by atoms with Crippen molar-refractivity contribution in [1.82, 2.24) is 14.5 Å². The number of sulfonamides is 1. The van der Waals surface area contributed by atoms with Crippen LogP contribution in [0.5, 0.6) is 0 Å². The number of benzene rings is 1. The molecule has 0 aromatic heterocycles. The van der Waals surface area contributed by atoms with Crippen molar-refractivity contribution in [3.63, 3.8) is 0 Å². The maximum Gasteiger partial charge on any atom is 0.243 e. The molecule has 1 aromatic rings. The molecule has 1 saturated carbocycles. The van der Waals surface area contributed by atoms with E-state index < -0.39 is 10.0 Å². The zero-order valence-electron chi connectivity index (χ0n) is 17.1. The molecule has 1 aliphatic heterocycles. The molecule has 2 fully saturated rings. The Balaban J connectivity index is 1.45. The van der Waals surface area contributed by atoms with Crippen molar-refractivity contribution in [3.8, 4) is 0 Å². The Morgan fingerprint density at radius 1 is 1.18 bits per heavy atom. The van der Waals surface area contributed by atoms with Gasteiger partial charge in [-0.2, -0.15) is 4.31 Å². The summed E-state index contributed by atoms with van der Waals surface area (Å²) in [6.45, 7) is 4.02. The van der Waals surface area contributed by atoms with Crippen LogP contribution in [0.15, 0.2) is 29.2 Å². The van der Waals surface area contributed by atoms with Crippen LogP contribution in [-0.4, -0.2) is 62.3 Å². The van der Waals surface area contributed by atoms with Crippen LogP contribution < -0.4 is 5.32 Å². The summed E-state index contributed by atoms with van der Waals surface area (Å²) in [5, 5.41) is 3.01. The van der Waals surface area contributed by atoms with Gasteiger partial charge in [-0.25, -0.2) is 8.42 Å². The van der Waals surface area contributed by atoms with Crippen LogP contribution in [0.2, 0.25) is 0 Å². The number of carbonyl (C=O) groups excluding carboxylic acids is 1. The molecule has 1 amide bonds. The highest BCUT2D eigenvalue weighted by molar-refractivity contribution is 7.89. The van der Waals surface area contributed by atoms with Gasteiger partial charge in [-0.15, -0.1) is 0 Å². The second-order valence-corrected chi connectivity index (χ2v) is 10.1. The first-order chi connectivity index (χ1) is 13.4. The number of aryl methyl sites for hydroxylation is 1. The monoisotopic (exact) mass is 407 g/mol. The van der Waals surface area contributed by atoms with E-state index in [-0.39, 0.29) is 5.91 Å². The summed E-state index contributed by atoms with van der Waals surface area (Å²) in [7, 11) is -1.27. The summed E-state index contributed by atoms with van der Waals surface area (Å²) in [5.41, 5.74) is 0.982. The molecule has 7 heteroatoms. The van der Waals surface area contributed by atoms with E-state index in [1.165, 1.54) is 12.8 Å². The van der Waals surface area contributed by atoms with Crippen molar-refractivity contribution in [2.45, 2.75) is 68.8 Å². The van der Waals surface area contributed by atoms with E-state index in [2.05, 4.69) is 24.2 Å². The molecule has 1 heterocycles. The third-order valence-corrected chi connectivity index (χ3v) is 7.84. The van der Waals surface area contributed by atoms with Crippen molar-refractivity contribution < 1.29 is 13.2 Å². The average molecular weight is 408 g/mol. The van der Waals surface area contributed by atoms with Gasteiger partial charge in [0.15, 0.2) is 0 Å². The van der Waals surface area contributed by atoms with Crippen molar-refractivity contribution in [3.05, 3.63) is 29.8 Å². The van der Waals surface area contributed by atoms with Gasteiger partial charge in [0.25, 0.3) is 0 Å². The fraction of sp³-hybridized carbons (Fsp3) is 0.667. The van der Waals surface area contributed by atoms with E-state index in [9.17, 15) is 13.2 Å². The molecule has 28 heavy (non-hydrogen) atoms. The minimum absolute atomic E-state index is 0.0426. The number of likely N-dealkylation sites (N-methyl/N-ethyl adjacent to an activating group) is 1. The van der Waals surface area contributed by atoms with Gasteiger partial charge in [-0.3, -0.25) is 9.69 Å². The number of rotatable bonds is 9. The molecule has 3 rings (SSSR count). The predicted molar refractivity (Wildman–Crippen MR) is 111 cm³/mol. The van der Waals surface area contributed by atoms with E-state index in [4.69, 9.17) is 0 Å². The highest BCUT2D eigenvalue weighted by Crippen LogP contribution is 2.26. The lowest BCUT2D eigenvalue weighted by Gasteiger charge is -2.25. The van der Waals surface area contributed by atoms with Crippen molar-refractivity contribution in [2.24, 2.45) is 0 Å². The lowest BCUT2D eigenvalue weighted by molar-refractivity contribution is -0.121. The molecular formula is C21H33N3O3S. The lowest BCUT2D eigenvalue weighted by atomic mass is 10.1. The maximum atomic E-state index is 12.7. The van der Waals surface area contributed by atoms with E-state index in [0.29, 0.717) is 49.5 Å². The topological polar surface area (TPSA) is 69.7 Å². The fourth-order valence-electron chi connectivity index (χ4n) is 3.68. The van der Waals surface area contributed by atoms with Crippen molar-refractivity contribution in [2.75, 3.05) is 26.7 Å². The van der Waals surface area contributed by atoms with Crippen LogP contribution in [0.1, 0.15) is 51.0 Å². The molecule has 6 nitrogen and oxygen atoms in total. The smallest absolute Gasteiger partial charge is 0.243 e. The minimum Gasteiger partial charge on any atom is -0.355 e. The average Bonchev–Trinajstić information content (AvgIpc) is 3.56. The van der Waals surface area contributed by atoms with E-state index in [1.807, 2.05) is 12.1 Å². The summed E-state index contributed by atoms with van der Waals surface area (Å²) in [6, 6.07) is 8.02. The summed E-state index contributed by atoms with van der Waals surface area (Å²) < 4.78 is 26.9. The van der Waals surface area contributed by atoms with Gasteiger partial charge in [0.05, 0.1) is 4.90 Å². The number of piperidine rings is 1. The van der Waals surface area contributed by atoms with Crippen LogP contribution in [0.25, 0.3) is 0 Å². The zero-order chi connectivity index (χ0) is 20.1. The van der Waals surface area contributed by atoms with Gasteiger partial charge >= 0.3 is 0 Å². The highest BCUT2D eigenvalue weighted by Gasteiger charge is 2.29. The quantitative estimate of drug-likeness (QED) is 0.682. The van der Waals surface area contributed by atoms with Gasteiger partial charge in [0.2, 0.25) is 15.9 Å². The molecule has 0 radical (unpaired) electrons. The van der Waals surface area contributed by atoms with E-state index >= 15 is 0 Å². The molecule has 2 aliphatic rings. The standard InChI is InChI=1S/C21H33N3O3S/c1-17(23(2)19-9-10-19)16-22-21(25)13-8-18-6-11-20(12-7-18)28(26,27)24-14-4-3-5-15-24/h6-7,11-12,17,19H,3-5,8-10,13-16H2,1-2H3,(H,22,25). The van der Waals surface area contributed by atoms with E-state index in [0.717, 1.165) is 24.8 Å². The molecule has 1 atom stereocenters. The first-order valence-corrected chi connectivity index (χ1v) is 11.9. The van der Waals surface area contributed by atoms with Gasteiger partial charge in [-0.05, 0) is 63.8 Å². The van der Waals surface area contributed by atoms with Crippen LogP contribution in [0.3, 0.4) is 0 Å². The molecule has 1 N–H and O–H groups in total. The van der Waals surface area contributed by atoms with Gasteiger partial charge in [-0.1, -0.05) is 18.6 Å². The molecule has 1 unspecified atom stereocenters. The van der Waals surface area contributed by atoms with E-state index in [1.54, 1.807) is 16.4 Å². The number of amides is 1. The van der Waals surface area contributed by atoms with Gasteiger partial charge in [0.1, 0.15) is 0 Å². The maximum absolute atomic E-state index is 12.7. The summed E-state index contributed by atoms with van der Waals surface area (Å²) in [6.07, 6.45) is 6.52. The minimum atomic E-state index is -3.39. The highest BCUT2D eigenvalue weighted by atomic mass is 32.2. The Morgan fingerprint density at radius 2 is 1.82 bits per heavy atom. The number of carbonyl (C=O) groups is 1. The Hall–Kier alpha value is -1.44. The molecule has 156 valence electrons. The number of hydrogen-bond donors (Lipinski definition) is 1. The fourth-order valence-corrected chi connectivity index (χ4v) is 5.19. The van der Waals surface area contributed by atoms with Gasteiger partial charge in [0, 0.05) is 38.1 Å². The second kappa shape index (κ2) is 9.37. The summed E-state index contributed by atoms with van der Waals surface area (Å²) >= 11 is 0. The Bertz CT molecular complexity index is 754. The molecular weight excluding hydrogens is 374 g/mol. The van der Waals surface area contributed by atoms with Gasteiger partial charge < -0.3 is 5.32 Å². The van der Waals surface area contributed by atoms with Crippen LogP contribution in [-0.2, 0) is 21.2 Å². The van der Waals surface area contributed by atoms with Crippen LogP contribution >= 0.6 is 0 Å². The van der Waals surface area contributed by atoms with Crippen LogP contribution in [0, 0.1) is 0 Å². The Kier molecular flexibility index (Phi) is 7.12. The largest absolute Gasteiger partial charge is 0.355 e. The summed E-state index contributed by atoms with van der Waals surface area (Å²) in [4.78, 5) is 14.8. The zero-order valence-corrected chi connectivity index (χ0v) is 17.9. The Morgan fingerprint density at radius 3 is 2.43 bits per heavy atom. The molecule has 0 spiro atoms. The first-order valence-electron chi connectivity index (χ1n) is 10.5. The Labute approximate surface area is 169 Å². The molecule has 1 aliphatic carbocycles. The molecule has 0 bridgehead atoms. The third kappa shape index (κ3) is 5.55. The first kappa shape index (κ1) is 21.3. The lowest BCUT2D eigenvalue weighted by Crippen LogP contribution is -2.41. The summed E-state index contributed by atoms with van der Waals surface area (Å²) in [5.74, 6) is 0.0426. The van der Waals surface area contributed by atoms with Crippen molar-refractivity contribution >= 4 is 15.9 Å². The predicted octanol–water partition coefficient (Wildman–Crippen LogP) is 2.39. The van der Waals surface area contributed by atoms with Crippen LogP contribution in [0.4, 0.5) is 0 Å². The third-order valence-electron chi connectivity index (χ3n) is 5.93. The number of nitrogens with one attached hydrogen (secondary N) is 1. The second-order valence-electron chi connectivity index (χ2n) is 8.16.